The Morgan fingerprint density at radius 3 is 2.48 bits per heavy atom. The lowest BCUT2D eigenvalue weighted by Crippen LogP contribution is -2.37. The van der Waals surface area contributed by atoms with E-state index in [2.05, 4.69) is 10.1 Å². The third kappa shape index (κ3) is 4.44. The van der Waals surface area contributed by atoms with Crippen molar-refractivity contribution < 1.29 is 18.8 Å². The van der Waals surface area contributed by atoms with Gasteiger partial charge >= 0.3 is 0 Å². The van der Waals surface area contributed by atoms with E-state index in [0.29, 0.717) is 23.2 Å². The zero-order chi connectivity index (χ0) is 19.2. The van der Waals surface area contributed by atoms with Crippen LogP contribution in [0, 0.1) is 0 Å². The maximum absolute atomic E-state index is 12.6. The van der Waals surface area contributed by atoms with Crippen molar-refractivity contribution in [2.24, 2.45) is 0 Å². The molecule has 27 heavy (non-hydrogen) atoms. The average Bonchev–Trinajstić information content (AvgIpc) is 3.17. The number of hydrogen-bond donors (Lipinski definition) is 0. The quantitative estimate of drug-likeness (QED) is 0.638. The summed E-state index contributed by atoms with van der Waals surface area (Å²) in [5, 5.41) is 3.96. The first-order valence-corrected chi connectivity index (χ1v) is 8.51. The van der Waals surface area contributed by atoms with Crippen molar-refractivity contribution >= 4 is 5.91 Å². The Morgan fingerprint density at radius 2 is 1.78 bits per heavy atom. The third-order valence-electron chi connectivity index (χ3n) is 3.97. The molecule has 0 aliphatic rings. The minimum Gasteiger partial charge on any atom is -0.493 e. The Hall–Kier alpha value is -3.35. The number of rotatable bonds is 7. The Balaban J connectivity index is 1.63. The van der Waals surface area contributed by atoms with Gasteiger partial charge in [0.1, 0.15) is 0 Å². The van der Waals surface area contributed by atoms with Crippen LogP contribution in [0.15, 0.2) is 59.1 Å². The molecule has 2 aromatic carbocycles. The number of nitrogens with zero attached hydrogens (tertiary/aromatic N) is 3. The first kappa shape index (κ1) is 18.4. The highest BCUT2D eigenvalue weighted by Crippen LogP contribution is 2.27. The van der Waals surface area contributed by atoms with Gasteiger partial charge in [-0.15, -0.1) is 0 Å². The van der Waals surface area contributed by atoms with Crippen LogP contribution >= 0.6 is 0 Å². The number of para-hydroxylation sites is 2. The Bertz CT molecular complexity index is 895. The summed E-state index contributed by atoms with van der Waals surface area (Å²) in [6.07, 6.45) is -0.692. The molecule has 3 aromatic rings. The predicted molar refractivity (Wildman–Crippen MR) is 99.3 cm³/mol. The number of methoxy groups -OCH3 is 1. The molecule has 0 bridgehead atoms. The number of carbonyl (C=O) groups excluding carboxylic acids is 1. The molecule has 0 fully saturated rings. The number of ether oxygens (including phenoxy) is 2. The molecule has 1 unspecified atom stereocenters. The van der Waals surface area contributed by atoms with Crippen molar-refractivity contribution in [2.75, 3.05) is 14.2 Å². The fourth-order valence-corrected chi connectivity index (χ4v) is 2.57. The van der Waals surface area contributed by atoms with Crippen LogP contribution in [0.5, 0.6) is 11.5 Å². The predicted octanol–water partition coefficient (Wildman–Crippen LogP) is 3.17. The molecular weight excluding hydrogens is 346 g/mol. The van der Waals surface area contributed by atoms with Crippen LogP contribution in [0.4, 0.5) is 0 Å². The second-order valence-electron chi connectivity index (χ2n) is 5.98. The number of likely N-dealkylation sites (N-methyl/N-ethyl adjacent to an activating group) is 1. The average molecular weight is 367 g/mol. The van der Waals surface area contributed by atoms with E-state index >= 15 is 0 Å². The summed E-state index contributed by atoms with van der Waals surface area (Å²) in [5.41, 5.74) is 0.856. The van der Waals surface area contributed by atoms with Gasteiger partial charge in [-0.05, 0) is 19.1 Å². The van der Waals surface area contributed by atoms with E-state index in [9.17, 15) is 4.79 Å². The summed E-state index contributed by atoms with van der Waals surface area (Å²) in [6, 6.07) is 16.7. The maximum atomic E-state index is 12.6. The van der Waals surface area contributed by atoms with E-state index in [1.807, 2.05) is 42.5 Å². The molecule has 0 saturated heterocycles. The molecule has 1 atom stereocenters. The SMILES string of the molecule is COc1ccccc1OC(C)C(=O)N(C)Cc1nc(-c2ccccc2)no1. The lowest BCUT2D eigenvalue weighted by Gasteiger charge is -2.21. The summed E-state index contributed by atoms with van der Waals surface area (Å²) in [4.78, 5) is 18.4. The Labute approximate surface area is 157 Å². The van der Waals surface area contributed by atoms with Crippen LogP contribution in [0.1, 0.15) is 12.8 Å². The molecule has 1 heterocycles. The lowest BCUT2D eigenvalue weighted by atomic mass is 10.2. The van der Waals surface area contributed by atoms with Crippen molar-refractivity contribution in [1.82, 2.24) is 15.0 Å². The number of aromatic nitrogens is 2. The topological polar surface area (TPSA) is 77.7 Å². The van der Waals surface area contributed by atoms with Gasteiger partial charge in [0.05, 0.1) is 13.7 Å². The highest BCUT2D eigenvalue weighted by molar-refractivity contribution is 5.80. The van der Waals surface area contributed by atoms with Crippen LogP contribution < -0.4 is 9.47 Å². The monoisotopic (exact) mass is 367 g/mol. The molecule has 7 nitrogen and oxygen atoms in total. The number of benzene rings is 2. The second-order valence-corrected chi connectivity index (χ2v) is 5.98. The van der Waals surface area contributed by atoms with E-state index in [4.69, 9.17) is 14.0 Å². The first-order valence-electron chi connectivity index (χ1n) is 8.51. The van der Waals surface area contributed by atoms with Gasteiger partial charge in [0.25, 0.3) is 5.91 Å². The summed E-state index contributed by atoms with van der Waals surface area (Å²) in [5.74, 6) is 1.72. The lowest BCUT2D eigenvalue weighted by molar-refractivity contribution is -0.137. The van der Waals surface area contributed by atoms with Crippen LogP contribution in [-0.4, -0.2) is 41.2 Å². The van der Waals surface area contributed by atoms with Crippen molar-refractivity contribution in [3.63, 3.8) is 0 Å². The Kier molecular flexibility index (Phi) is 5.71. The van der Waals surface area contributed by atoms with Gasteiger partial charge in [-0.3, -0.25) is 4.79 Å². The van der Waals surface area contributed by atoms with Crippen molar-refractivity contribution in [3.05, 3.63) is 60.5 Å². The minimum absolute atomic E-state index is 0.193. The molecule has 140 valence electrons. The van der Waals surface area contributed by atoms with Crippen LogP contribution in [-0.2, 0) is 11.3 Å². The van der Waals surface area contributed by atoms with Gasteiger partial charge in [-0.1, -0.05) is 47.6 Å². The minimum atomic E-state index is -0.692. The van der Waals surface area contributed by atoms with Crippen molar-refractivity contribution in [2.45, 2.75) is 19.6 Å². The fourth-order valence-electron chi connectivity index (χ4n) is 2.57. The number of hydrogen-bond acceptors (Lipinski definition) is 6. The maximum Gasteiger partial charge on any atom is 0.263 e. The van der Waals surface area contributed by atoms with Crippen LogP contribution in [0.3, 0.4) is 0 Å². The summed E-state index contributed by atoms with van der Waals surface area (Å²) < 4.78 is 16.3. The van der Waals surface area contributed by atoms with Gasteiger partial charge in [0.2, 0.25) is 11.7 Å². The molecule has 0 N–H and O–H groups in total. The largest absolute Gasteiger partial charge is 0.493 e. The number of amides is 1. The van der Waals surface area contributed by atoms with Crippen LogP contribution in [0.2, 0.25) is 0 Å². The van der Waals surface area contributed by atoms with Gasteiger partial charge in [-0.2, -0.15) is 4.98 Å². The summed E-state index contributed by atoms with van der Waals surface area (Å²) in [6.45, 7) is 1.88. The van der Waals surface area contributed by atoms with Gasteiger partial charge in [0, 0.05) is 12.6 Å². The zero-order valence-corrected chi connectivity index (χ0v) is 15.5. The molecule has 0 aliphatic heterocycles. The first-order chi connectivity index (χ1) is 13.1. The van der Waals surface area contributed by atoms with Crippen LogP contribution in [0.25, 0.3) is 11.4 Å². The fraction of sp³-hybridized carbons (Fsp3) is 0.250. The van der Waals surface area contributed by atoms with Gasteiger partial charge < -0.3 is 18.9 Å². The molecule has 1 aromatic heterocycles. The summed E-state index contributed by atoms with van der Waals surface area (Å²) in [7, 11) is 3.22. The zero-order valence-electron chi connectivity index (χ0n) is 15.5. The van der Waals surface area contributed by atoms with E-state index in [1.165, 1.54) is 4.90 Å². The van der Waals surface area contributed by atoms with Gasteiger partial charge in [-0.25, -0.2) is 0 Å². The highest BCUT2D eigenvalue weighted by atomic mass is 16.5. The molecule has 0 spiro atoms. The highest BCUT2D eigenvalue weighted by Gasteiger charge is 2.22. The molecule has 0 saturated carbocycles. The molecule has 0 aliphatic carbocycles. The van der Waals surface area contributed by atoms with Crippen molar-refractivity contribution in [1.29, 1.82) is 0 Å². The molecule has 3 rings (SSSR count). The van der Waals surface area contributed by atoms with E-state index in [0.717, 1.165) is 5.56 Å². The molecular formula is C20H21N3O4. The third-order valence-corrected chi connectivity index (χ3v) is 3.97. The summed E-state index contributed by atoms with van der Waals surface area (Å²) >= 11 is 0. The smallest absolute Gasteiger partial charge is 0.263 e. The van der Waals surface area contributed by atoms with Crippen molar-refractivity contribution in [3.8, 4) is 22.9 Å². The Morgan fingerprint density at radius 1 is 1.11 bits per heavy atom. The van der Waals surface area contributed by atoms with E-state index < -0.39 is 6.10 Å². The van der Waals surface area contributed by atoms with E-state index in [-0.39, 0.29) is 12.5 Å². The number of carbonyl (C=O) groups is 1. The standard InChI is InChI=1S/C20H21N3O4/c1-14(26-17-12-8-7-11-16(17)25-3)20(24)23(2)13-18-21-19(22-27-18)15-9-5-4-6-10-15/h4-12,14H,13H2,1-3H3. The molecule has 7 heteroatoms. The molecule has 0 radical (unpaired) electrons. The second kappa shape index (κ2) is 8.35. The normalized spacial score (nSPS) is 11.7. The molecule has 1 amide bonds. The van der Waals surface area contributed by atoms with E-state index in [1.54, 1.807) is 33.2 Å². The van der Waals surface area contributed by atoms with Gasteiger partial charge in [0.15, 0.2) is 17.6 Å².